The zero-order valence-corrected chi connectivity index (χ0v) is 11.4. The summed E-state index contributed by atoms with van der Waals surface area (Å²) in [7, 11) is 1.69. The minimum atomic E-state index is -1.12. The van der Waals surface area contributed by atoms with Gasteiger partial charge in [-0.05, 0) is 39.8 Å². The molecule has 0 spiro atoms. The number of carboxylic acids is 1. The van der Waals surface area contributed by atoms with Gasteiger partial charge in [-0.3, -0.25) is 9.69 Å². The highest BCUT2D eigenvalue weighted by Gasteiger charge is 2.27. The van der Waals surface area contributed by atoms with Crippen molar-refractivity contribution in [2.24, 2.45) is 5.73 Å². The van der Waals surface area contributed by atoms with Crippen LogP contribution in [0.5, 0.6) is 0 Å². The SMILES string of the molecule is CCN(CCCC(C)(N)C(=O)O)C(C)COC. The number of hydrogen-bond donors (Lipinski definition) is 2. The Labute approximate surface area is 104 Å². The predicted octanol–water partition coefficient (Wildman–Crippen LogP) is 0.925. The van der Waals surface area contributed by atoms with Gasteiger partial charge in [0.1, 0.15) is 5.54 Å². The first-order valence-corrected chi connectivity index (χ1v) is 6.10. The van der Waals surface area contributed by atoms with Crippen LogP contribution >= 0.6 is 0 Å². The topological polar surface area (TPSA) is 75.8 Å². The maximum Gasteiger partial charge on any atom is 0.323 e. The summed E-state index contributed by atoms with van der Waals surface area (Å²) in [6.07, 6.45) is 1.26. The summed E-state index contributed by atoms with van der Waals surface area (Å²) < 4.78 is 5.11. The van der Waals surface area contributed by atoms with E-state index in [9.17, 15) is 4.79 Å². The van der Waals surface area contributed by atoms with E-state index >= 15 is 0 Å². The molecule has 0 aromatic heterocycles. The second kappa shape index (κ2) is 7.63. The van der Waals surface area contributed by atoms with Crippen molar-refractivity contribution in [1.29, 1.82) is 0 Å². The molecule has 0 aliphatic carbocycles. The zero-order valence-electron chi connectivity index (χ0n) is 11.4. The van der Waals surface area contributed by atoms with Crippen LogP contribution < -0.4 is 5.73 Å². The molecule has 0 rings (SSSR count). The molecule has 0 heterocycles. The Balaban J connectivity index is 4.04. The van der Waals surface area contributed by atoms with Crippen molar-refractivity contribution in [1.82, 2.24) is 4.90 Å². The minimum absolute atomic E-state index is 0.346. The number of nitrogens with two attached hydrogens (primary N) is 1. The van der Waals surface area contributed by atoms with Crippen LogP contribution in [0.1, 0.15) is 33.6 Å². The maximum atomic E-state index is 10.8. The van der Waals surface area contributed by atoms with Crippen molar-refractivity contribution in [3.05, 3.63) is 0 Å². The first-order chi connectivity index (χ1) is 7.85. The Bertz CT molecular complexity index is 232. The highest BCUT2D eigenvalue weighted by atomic mass is 16.5. The average molecular weight is 246 g/mol. The molecule has 2 unspecified atom stereocenters. The summed E-state index contributed by atoms with van der Waals surface area (Å²) >= 11 is 0. The van der Waals surface area contributed by atoms with Gasteiger partial charge in [0, 0.05) is 13.2 Å². The molecular formula is C12H26N2O3. The second-order valence-corrected chi connectivity index (χ2v) is 4.76. The Kier molecular flexibility index (Phi) is 7.34. The molecule has 5 nitrogen and oxygen atoms in total. The fraction of sp³-hybridized carbons (Fsp3) is 0.917. The van der Waals surface area contributed by atoms with Crippen molar-refractivity contribution in [3.63, 3.8) is 0 Å². The molecule has 2 atom stereocenters. The van der Waals surface area contributed by atoms with Crippen molar-refractivity contribution in [2.75, 3.05) is 26.8 Å². The van der Waals surface area contributed by atoms with E-state index in [1.54, 1.807) is 14.0 Å². The van der Waals surface area contributed by atoms with Crippen LogP contribution in [0.15, 0.2) is 0 Å². The molecule has 0 saturated carbocycles. The number of carboxylic acid groups (broad SMARTS) is 1. The summed E-state index contributed by atoms with van der Waals surface area (Å²) in [4.78, 5) is 13.1. The third-order valence-corrected chi connectivity index (χ3v) is 3.07. The Hall–Kier alpha value is -0.650. The lowest BCUT2D eigenvalue weighted by Crippen LogP contribution is -2.45. The summed E-state index contributed by atoms with van der Waals surface area (Å²) in [5.41, 5.74) is 4.56. The van der Waals surface area contributed by atoms with Crippen LogP contribution in [0.4, 0.5) is 0 Å². The van der Waals surface area contributed by atoms with E-state index in [1.807, 2.05) is 0 Å². The van der Waals surface area contributed by atoms with Gasteiger partial charge in [0.05, 0.1) is 6.61 Å². The van der Waals surface area contributed by atoms with Crippen molar-refractivity contribution in [2.45, 2.75) is 45.2 Å². The molecule has 0 aliphatic rings. The van der Waals surface area contributed by atoms with Gasteiger partial charge >= 0.3 is 5.97 Å². The van der Waals surface area contributed by atoms with Gasteiger partial charge in [-0.2, -0.15) is 0 Å². The number of hydrogen-bond acceptors (Lipinski definition) is 4. The Morgan fingerprint density at radius 1 is 1.59 bits per heavy atom. The number of ether oxygens (including phenoxy) is 1. The smallest absolute Gasteiger partial charge is 0.323 e. The normalized spacial score (nSPS) is 16.8. The van der Waals surface area contributed by atoms with E-state index in [2.05, 4.69) is 18.7 Å². The monoisotopic (exact) mass is 246 g/mol. The van der Waals surface area contributed by atoms with Crippen LogP contribution in [0, 0.1) is 0 Å². The Morgan fingerprint density at radius 3 is 2.59 bits per heavy atom. The molecule has 0 fully saturated rings. The van der Waals surface area contributed by atoms with Gasteiger partial charge in [-0.25, -0.2) is 0 Å². The van der Waals surface area contributed by atoms with Crippen molar-refractivity contribution < 1.29 is 14.6 Å². The molecule has 0 aromatic rings. The van der Waals surface area contributed by atoms with E-state index in [1.165, 1.54) is 0 Å². The maximum absolute atomic E-state index is 10.8. The largest absolute Gasteiger partial charge is 0.480 e. The third-order valence-electron chi connectivity index (χ3n) is 3.07. The molecule has 102 valence electrons. The van der Waals surface area contributed by atoms with Crippen LogP contribution in [0.3, 0.4) is 0 Å². The molecule has 0 saturated heterocycles. The summed E-state index contributed by atoms with van der Waals surface area (Å²) in [6, 6.07) is 0.346. The standard InChI is InChI=1S/C12H26N2O3/c1-5-14(10(2)9-17-4)8-6-7-12(3,13)11(15)16/h10H,5-9,13H2,1-4H3,(H,15,16). The number of carbonyl (C=O) groups is 1. The lowest BCUT2D eigenvalue weighted by atomic mass is 9.97. The molecule has 0 aromatic carbocycles. The average Bonchev–Trinajstić information content (AvgIpc) is 2.24. The summed E-state index contributed by atoms with van der Waals surface area (Å²) in [5, 5.41) is 8.90. The number of likely N-dealkylation sites (N-methyl/N-ethyl adjacent to an activating group) is 1. The van der Waals surface area contributed by atoms with E-state index in [0.29, 0.717) is 19.1 Å². The van der Waals surface area contributed by atoms with E-state index in [0.717, 1.165) is 19.5 Å². The fourth-order valence-corrected chi connectivity index (χ4v) is 1.79. The van der Waals surface area contributed by atoms with Crippen molar-refractivity contribution >= 4 is 5.97 Å². The van der Waals surface area contributed by atoms with Crippen LogP contribution in [0.2, 0.25) is 0 Å². The molecule has 0 aliphatic heterocycles. The lowest BCUT2D eigenvalue weighted by molar-refractivity contribution is -0.143. The van der Waals surface area contributed by atoms with E-state index < -0.39 is 11.5 Å². The van der Waals surface area contributed by atoms with Gasteiger partial charge in [0.25, 0.3) is 0 Å². The van der Waals surface area contributed by atoms with Gasteiger partial charge < -0.3 is 15.6 Å². The molecule has 0 bridgehead atoms. The third kappa shape index (κ3) is 6.00. The summed E-state index contributed by atoms with van der Waals surface area (Å²) in [5.74, 6) is -0.939. The molecule has 5 heteroatoms. The number of methoxy groups -OCH3 is 1. The van der Waals surface area contributed by atoms with Crippen molar-refractivity contribution in [3.8, 4) is 0 Å². The highest BCUT2D eigenvalue weighted by Crippen LogP contribution is 2.11. The van der Waals surface area contributed by atoms with Crippen LogP contribution in [-0.2, 0) is 9.53 Å². The first kappa shape index (κ1) is 16.4. The molecule has 3 N–H and O–H groups in total. The number of aliphatic carboxylic acids is 1. The van der Waals surface area contributed by atoms with Gasteiger partial charge in [0.15, 0.2) is 0 Å². The van der Waals surface area contributed by atoms with E-state index in [4.69, 9.17) is 15.6 Å². The number of nitrogens with zero attached hydrogens (tertiary/aromatic N) is 1. The van der Waals surface area contributed by atoms with Gasteiger partial charge in [0.2, 0.25) is 0 Å². The van der Waals surface area contributed by atoms with Gasteiger partial charge in [-0.15, -0.1) is 0 Å². The highest BCUT2D eigenvalue weighted by molar-refractivity contribution is 5.77. The molecule has 0 amide bonds. The lowest BCUT2D eigenvalue weighted by Gasteiger charge is -2.28. The quantitative estimate of drug-likeness (QED) is 0.633. The zero-order chi connectivity index (χ0) is 13.5. The molecule has 0 radical (unpaired) electrons. The predicted molar refractivity (Wildman–Crippen MR) is 68.0 cm³/mol. The first-order valence-electron chi connectivity index (χ1n) is 6.10. The van der Waals surface area contributed by atoms with E-state index in [-0.39, 0.29) is 0 Å². The fourth-order valence-electron chi connectivity index (χ4n) is 1.79. The van der Waals surface area contributed by atoms with Crippen LogP contribution in [-0.4, -0.2) is 54.4 Å². The Morgan fingerprint density at radius 2 is 2.18 bits per heavy atom. The van der Waals surface area contributed by atoms with Crippen LogP contribution in [0.25, 0.3) is 0 Å². The minimum Gasteiger partial charge on any atom is -0.480 e. The van der Waals surface area contributed by atoms with Gasteiger partial charge in [-0.1, -0.05) is 6.92 Å². The molecular weight excluding hydrogens is 220 g/mol. The molecule has 17 heavy (non-hydrogen) atoms. The second-order valence-electron chi connectivity index (χ2n) is 4.76. The summed E-state index contributed by atoms with van der Waals surface area (Å²) in [6.45, 7) is 8.22. The number of rotatable bonds is 9.